The van der Waals surface area contributed by atoms with E-state index < -0.39 is 0 Å². The maximum Gasteiger partial charge on any atom is 0.0507 e. The molecule has 2 N–H and O–H groups in total. The normalized spacial score (nSPS) is 29.1. The Kier molecular flexibility index (Phi) is 4.82. The number of rotatable bonds is 4. The first-order chi connectivity index (χ1) is 8.61. The number of piperidine rings is 1. The molecule has 2 nitrogen and oxygen atoms in total. The molecule has 1 aliphatic rings. The van der Waals surface area contributed by atoms with E-state index in [-0.39, 0.29) is 6.04 Å². The van der Waals surface area contributed by atoms with E-state index in [1.807, 2.05) is 0 Å². The summed E-state index contributed by atoms with van der Waals surface area (Å²) in [6.45, 7) is 9.31. The Balaban J connectivity index is 2.18. The Morgan fingerprint density at radius 2 is 2.06 bits per heavy atom. The van der Waals surface area contributed by atoms with Gasteiger partial charge in [-0.3, -0.25) is 4.90 Å². The molecule has 3 heteroatoms. The van der Waals surface area contributed by atoms with Gasteiger partial charge in [0, 0.05) is 19.1 Å². The molecule has 0 saturated carbocycles. The van der Waals surface area contributed by atoms with Crippen molar-refractivity contribution in [1.29, 1.82) is 0 Å². The van der Waals surface area contributed by atoms with E-state index >= 15 is 0 Å². The second-order valence-corrected chi connectivity index (χ2v) is 6.75. The summed E-state index contributed by atoms with van der Waals surface area (Å²) in [6.07, 6.45) is 2.40. The molecule has 0 amide bonds. The van der Waals surface area contributed by atoms with Gasteiger partial charge in [0.1, 0.15) is 0 Å². The predicted molar refractivity (Wildman–Crippen MR) is 79.8 cm³/mol. The van der Waals surface area contributed by atoms with Crippen LogP contribution in [0.4, 0.5) is 0 Å². The third-order valence-electron chi connectivity index (χ3n) is 4.05. The van der Waals surface area contributed by atoms with E-state index in [1.165, 1.54) is 25.1 Å². The minimum absolute atomic E-state index is 0.247. The number of likely N-dealkylation sites (tertiary alicyclic amines) is 1. The van der Waals surface area contributed by atoms with Crippen LogP contribution in [0.15, 0.2) is 16.8 Å². The summed E-state index contributed by atoms with van der Waals surface area (Å²) in [5.41, 5.74) is 7.81. The Labute approximate surface area is 115 Å². The summed E-state index contributed by atoms with van der Waals surface area (Å²) in [5, 5.41) is 4.44. The third-order valence-corrected chi connectivity index (χ3v) is 4.75. The topological polar surface area (TPSA) is 29.3 Å². The molecule has 0 spiro atoms. The van der Waals surface area contributed by atoms with Gasteiger partial charge in [-0.1, -0.05) is 20.8 Å². The third kappa shape index (κ3) is 3.14. The van der Waals surface area contributed by atoms with Crippen molar-refractivity contribution in [2.75, 3.05) is 13.1 Å². The summed E-state index contributed by atoms with van der Waals surface area (Å²) in [5.74, 6) is 1.58. The van der Waals surface area contributed by atoms with Crippen molar-refractivity contribution in [3.8, 4) is 0 Å². The van der Waals surface area contributed by atoms with E-state index in [1.54, 1.807) is 11.3 Å². The molecule has 1 fully saturated rings. The molecule has 4 unspecified atom stereocenters. The van der Waals surface area contributed by atoms with E-state index in [4.69, 9.17) is 5.73 Å². The first kappa shape index (κ1) is 14.0. The molecular formula is C15H26N2S. The van der Waals surface area contributed by atoms with Crippen LogP contribution in [0.5, 0.6) is 0 Å². The molecule has 1 aromatic heterocycles. The Hall–Kier alpha value is -0.380. The average molecular weight is 266 g/mol. The van der Waals surface area contributed by atoms with Gasteiger partial charge in [-0.05, 0) is 47.1 Å². The van der Waals surface area contributed by atoms with Crippen molar-refractivity contribution in [3.05, 3.63) is 22.4 Å². The van der Waals surface area contributed by atoms with Gasteiger partial charge in [0.05, 0.1) is 6.04 Å². The molecule has 0 bridgehead atoms. The zero-order valence-electron chi connectivity index (χ0n) is 11.8. The fourth-order valence-electron chi connectivity index (χ4n) is 3.33. The van der Waals surface area contributed by atoms with E-state index in [9.17, 15) is 0 Å². The molecule has 0 aliphatic carbocycles. The molecule has 0 radical (unpaired) electrons. The van der Waals surface area contributed by atoms with Crippen molar-refractivity contribution in [2.24, 2.45) is 17.6 Å². The van der Waals surface area contributed by atoms with Gasteiger partial charge < -0.3 is 5.73 Å². The summed E-state index contributed by atoms with van der Waals surface area (Å²) in [6, 6.07) is 2.90. The lowest BCUT2D eigenvalue weighted by molar-refractivity contribution is 0.0812. The number of nitrogens with zero attached hydrogens (tertiary/aromatic N) is 1. The Morgan fingerprint density at radius 1 is 1.39 bits per heavy atom. The lowest BCUT2D eigenvalue weighted by atomic mass is 9.88. The summed E-state index contributed by atoms with van der Waals surface area (Å²) < 4.78 is 0. The first-order valence-electron chi connectivity index (χ1n) is 7.13. The average Bonchev–Trinajstić information content (AvgIpc) is 2.81. The number of thiophene rings is 1. The minimum atomic E-state index is 0.247. The standard InChI is InChI=1S/C15H26N2S/c1-4-14(16)15(13-5-6-18-10-13)17-8-11(2)7-12(3)9-17/h5-6,10-12,14-15H,4,7-9,16H2,1-3H3. The summed E-state index contributed by atoms with van der Waals surface area (Å²) >= 11 is 1.78. The van der Waals surface area contributed by atoms with Crippen molar-refractivity contribution in [2.45, 2.75) is 45.7 Å². The van der Waals surface area contributed by atoms with Crippen LogP contribution < -0.4 is 5.73 Å². The fourth-order valence-corrected chi connectivity index (χ4v) is 4.02. The highest BCUT2D eigenvalue weighted by Crippen LogP contribution is 2.32. The smallest absolute Gasteiger partial charge is 0.0507 e. The molecule has 18 heavy (non-hydrogen) atoms. The zero-order valence-corrected chi connectivity index (χ0v) is 12.6. The monoisotopic (exact) mass is 266 g/mol. The van der Waals surface area contributed by atoms with Crippen LogP contribution in [0.3, 0.4) is 0 Å². The molecule has 1 aromatic rings. The van der Waals surface area contributed by atoms with Gasteiger partial charge in [-0.15, -0.1) is 0 Å². The number of hydrogen-bond acceptors (Lipinski definition) is 3. The second-order valence-electron chi connectivity index (χ2n) is 5.97. The van der Waals surface area contributed by atoms with Gasteiger partial charge >= 0.3 is 0 Å². The highest BCUT2D eigenvalue weighted by molar-refractivity contribution is 7.07. The SMILES string of the molecule is CCC(N)C(c1ccsc1)N1CC(C)CC(C)C1. The number of nitrogens with two attached hydrogens (primary N) is 1. The minimum Gasteiger partial charge on any atom is -0.326 e. The fraction of sp³-hybridized carbons (Fsp3) is 0.733. The molecule has 102 valence electrons. The molecule has 1 saturated heterocycles. The maximum absolute atomic E-state index is 6.39. The van der Waals surface area contributed by atoms with Gasteiger partial charge in [0.2, 0.25) is 0 Å². The van der Waals surface area contributed by atoms with Gasteiger partial charge in [0.25, 0.3) is 0 Å². The molecule has 2 heterocycles. The molecule has 0 aromatic carbocycles. The largest absolute Gasteiger partial charge is 0.326 e. The van der Waals surface area contributed by atoms with E-state index in [2.05, 4.69) is 42.5 Å². The van der Waals surface area contributed by atoms with E-state index in [0.29, 0.717) is 6.04 Å². The quantitative estimate of drug-likeness (QED) is 0.903. The lowest BCUT2D eigenvalue weighted by Crippen LogP contribution is -2.47. The predicted octanol–water partition coefficient (Wildman–Crippen LogP) is 3.50. The first-order valence-corrected chi connectivity index (χ1v) is 8.07. The van der Waals surface area contributed by atoms with Crippen LogP contribution in [-0.4, -0.2) is 24.0 Å². The van der Waals surface area contributed by atoms with Gasteiger partial charge in [-0.2, -0.15) is 11.3 Å². The lowest BCUT2D eigenvalue weighted by Gasteiger charge is -2.42. The van der Waals surface area contributed by atoms with E-state index in [0.717, 1.165) is 18.3 Å². The van der Waals surface area contributed by atoms with Crippen LogP contribution in [0.1, 0.15) is 45.2 Å². The highest BCUT2D eigenvalue weighted by Gasteiger charge is 2.31. The molecular weight excluding hydrogens is 240 g/mol. The maximum atomic E-state index is 6.39. The molecule has 1 aliphatic heterocycles. The summed E-state index contributed by atoms with van der Waals surface area (Å²) in [7, 11) is 0. The molecule has 4 atom stereocenters. The van der Waals surface area contributed by atoms with Crippen molar-refractivity contribution in [1.82, 2.24) is 4.90 Å². The van der Waals surface area contributed by atoms with Crippen LogP contribution in [0.25, 0.3) is 0 Å². The Bertz CT molecular complexity index is 339. The second kappa shape index (κ2) is 6.18. The highest BCUT2D eigenvalue weighted by atomic mass is 32.1. The van der Waals surface area contributed by atoms with Crippen molar-refractivity contribution >= 4 is 11.3 Å². The van der Waals surface area contributed by atoms with Gasteiger partial charge in [0.15, 0.2) is 0 Å². The van der Waals surface area contributed by atoms with Crippen LogP contribution in [0, 0.1) is 11.8 Å². The molecule has 2 rings (SSSR count). The van der Waals surface area contributed by atoms with Crippen LogP contribution in [-0.2, 0) is 0 Å². The Morgan fingerprint density at radius 3 is 2.56 bits per heavy atom. The van der Waals surface area contributed by atoms with Crippen LogP contribution >= 0.6 is 11.3 Å². The number of hydrogen-bond donors (Lipinski definition) is 1. The van der Waals surface area contributed by atoms with Crippen molar-refractivity contribution in [3.63, 3.8) is 0 Å². The van der Waals surface area contributed by atoms with Crippen LogP contribution in [0.2, 0.25) is 0 Å². The summed E-state index contributed by atoms with van der Waals surface area (Å²) in [4.78, 5) is 2.62. The zero-order chi connectivity index (χ0) is 13.1. The van der Waals surface area contributed by atoms with Crippen molar-refractivity contribution < 1.29 is 0 Å². The van der Waals surface area contributed by atoms with Gasteiger partial charge in [-0.25, -0.2) is 0 Å².